The molecular formula is C11H13N3O3. The predicted molar refractivity (Wildman–Crippen MR) is 60.6 cm³/mol. The van der Waals surface area contributed by atoms with E-state index in [1.807, 2.05) is 0 Å². The molecule has 1 saturated carbocycles. The van der Waals surface area contributed by atoms with E-state index >= 15 is 0 Å². The van der Waals surface area contributed by atoms with Crippen molar-refractivity contribution in [3.05, 3.63) is 34.2 Å². The lowest BCUT2D eigenvalue weighted by Crippen LogP contribution is -2.38. The van der Waals surface area contributed by atoms with E-state index in [-0.39, 0.29) is 29.7 Å². The highest BCUT2D eigenvalue weighted by Gasteiger charge is 2.23. The SMILES string of the molecule is O=C(CNC(=O)c1cccc(=O)[nH]1)NC1CC1. The minimum absolute atomic E-state index is 0.0771. The Morgan fingerprint density at radius 3 is 2.76 bits per heavy atom. The number of amides is 2. The van der Waals surface area contributed by atoms with Gasteiger partial charge in [-0.2, -0.15) is 0 Å². The van der Waals surface area contributed by atoms with E-state index in [0.29, 0.717) is 0 Å². The van der Waals surface area contributed by atoms with Crippen molar-refractivity contribution in [2.45, 2.75) is 18.9 Å². The summed E-state index contributed by atoms with van der Waals surface area (Å²) in [7, 11) is 0. The summed E-state index contributed by atoms with van der Waals surface area (Å²) in [6.07, 6.45) is 2.01. The Labute approximate surface area is 97.4 Å². The van der Waals surface area contributed by atoms with Crippen LogP contribution in [0.2, 0.25) is 0 Å². The smallest absolute Gasteiger partial charge is 0.268 e. The highest BCUT2D eigenvalue weighted by molar-refractivity contribution is 5.94. The van der Waals surface area contributed by atoms with Crippen LogP contribution < -0.4 is 16.2 Å². The lowest BCUT2D eigenvalue weighted by Gasteiger charge is -2.05. The Balaban J connectivity index is 1.84. The zero-order chi connectivity index (χ0) is 12.3. The van der Waals surface area contributed by atoms with E-state index < -0.39 is 5.91 Å². The van der Waals surface area contributed by atoms with Crippen molar-refractivity contribution in [1.29, 1.82) is 0 Å². The quantitative estimate of drug-likeness (QED) is 0.649. The predicted octanol–water partition coefficient (Wildman–Crippen LogP) is -0.617. The summed E-state index contributed by atoms with van der Waals surface area (Å²) in [6, 6.07) is 4.56. The summed E-state index contributed by atoms with van der Waals surface area (Å²) in [5, 5.41) is 5.18. The normalized spacial score (nSPS) is 14.1. The van der Waals surface area contributed by atoms with E-state index in [4.69, 9.17) is 0 Å². The summed E-state index contributed by atoms with van der Waals surface area (Å²) in [6.45, 7) is -0.0771. The van der Waals surface area contributed by atoms with E-state index in [2.05, 4.69) is 15.6 Å². The first-order valence-electron chi connectivity index (χ1n) is 5.42. The maximum atomic E-state index is 11.5. The zero-order valence-corrected chi connectivity index (χ0v) is 9.16. The number of rotatable bonds is 4. The van der Waals surface area contributed by atoms with Gasteiger partial charge in [-0.1, -0.05) is 6.07 Å². The second-order valence-corrected chi connectivity index (χ2v) is 3.95. The van der Waals surface area contributed by atoms with Gasteiger partial charge in [-0.25, -0.2) is 0 Å². The molecule has 0 atom stereocenters. The Morgan fingerprint density at radius 1 is 1.35 bits per heavy atom. The molecule has 3 N–H and O–H groups in total. The summed E-state index contributed by atoms with van der Waals surface area (Å²) in [5.74, 6) is -0.673. The van der Waals surface area contributed by atoms with Crippen LogP contribution in [0.4, 0.5) is 0 Å². The number of aromatic amines is 1. The van der Waals surface area contributed by atoms with Crippen molar-refractivity contribution in [1.82, 2.24) is 15.6 Å². The number of carbonyl (C=O) groups excluding carboxylic acids is 2. The van der Waals surface area contributed by atoms with Crippen molar-refractivity contribution in [3.8, 4) is 0 Å². The van der Waals surface area contributed by atoms with Crippen LogP contribution >= 0.6 is 0 Å². The van der Waals surface area contributed by atoms with Gasteiger partial charge in [0, 0.05) is 12.1 Å². The first kappa shape index (κ1) is 11.4. The average molecular weight is 235 g/mol. The summed E-state index contributed by atoms with van der Waals surface area (Å²) >= 11 is 0. The van der Waals surface area contributed by atoms with Crippen LogP contribution in [-0.4, -0.2) is 29.4 Å². The molecule has 0 unspecified atom stereocenters. The molecular weight excluding hydrogens is 222 g/mol. The molecule has 1 aromatic rings. The molecule has 0 spiro atoms. The molecule has 1 aliphatic rings. The fourth-order valence-electron chi connectivity index (χ4n) is 1.34. The van der Waals surface area contributed by atoms with Crippen LogP contribution in [0.5, 0.6) is 0 Å². The van der Waals surface area contributed by atoms with Crippen LogP contribution in [-0.2, 0) is 4.79 Å². The minimum Gasteiger partial charge on any atom is -0.352 e. The van der Waals surface area contributed by atoms with Crippen molar-refractivity contribution in [3.63, 3.8) is 0 Å². The molecule has 2 rings (SSSR count). The Hall–Kier alpha value is -2.11. The monoisotopic (exact) mass is 235 g/mol. The second kappa shape index (κ2) is 4.82. The van der Waals surface area contributed by atoms with Crippen molar-refractivity contribution >= 4 is 11.8 Å². The first-order valence-corrected chi connectivity index (χ1v) is 5.42. The number of nitrogens with one attached hydrogen (secondary N) is 3. The number of hydrogen-bond donors (Lipinski definition) is 3. The topological polar surface area (TPSA) is 91.1 Å². The van der Waals surface area contributed by atoms with Gasteiger partial charge in [0.05, 0.1) is 6.54 Å². The van der Waals surface area contributed by atoms with Crippen molar-refractivity contribution < 1.29 is 9.59 Å². The van der Waals surface area contributed by atoms with E-state index in [0.717, 1.165) is 12.8 Å². The molecule has 1 aliphatic carbocycles. The van der Waals surface area contributed by atoms with Gasteiger partial charge < -0.3 is 15.6 Å². The summed E-state index contributed by atoms with van der Waals surface area (Å²) in [5.41, 5.74) is -0.197. The molecule has 0 saturated heterocycles. The summed E-state index contributed by atoms with van der Waals surface area (Å²) in [4.78, 5) is 36.2. The third kappa shape index (κ3) is 3.44. The molecule has 0 radical (unpaired) electrons. The van der Waals surface area contributed by atoms with Gasteiger partial charge >= 0.3 is 0 Å². The van der Waals surface area contributed by atoms with Crippen LogP contribution in [0, 0.1) is 0 Å². The number of carbonyl (C=O) groups is 2. The van der Waals surface area contributed by atoms with Crippen LogP contribution in [0.1, 0.15) is 23.3 Å². The molecule has 17 heavy (non-hydrogen) atoms. The average Bonchev–Trinajstić information content (AvgIpc) is 3.10. The van der Waals surface area contributed by atoms with Crippen molar-refractivity contribution in [2.75, 3.05) is 6.54 Å². The highest BCUT2D eigenvalue weighted by atomic mass is 16.2. The fourth-order valence-corrected chi connectivity index (χ4v) is 1.34. The molecule has 0 bridgehead atoms. The maximum Gasteiger partial charge on any atom is 0.268 e. The van der Waals surface area contributed by atoms with Gasteiger partial charge in [-0.15, -0.1) is 0 Å². The first-order chi connectivity index (χ1) is 8.15. The molecule has 0 aromatic carbocycles. The Morgan fingerprint density at radius 2 is 2.12 bits per heavy atom. The largest absolute Gasteiger partial charge is 0.352 e. The zero-order valence-electron chi connectivity index (χ0n) is 9.16. The van der Waals surface area contributed by atoms with Crippen molar-refractivity contribution in [2.24, 2.45) is 0 Å². The van der Waals surface area contributed by atoms with E-state index in [1.165, 1.54) is 18.2 Å². The maximum absolute atomic E-state index is 11.5. The standard InChI is InChI=1S/C11H13N3O3/c15-9-3-1-2-8(14-9)11(17)12-6-10(16)13-7-4-5-7/h1-3,7H,4-6H2,(H,12,17)(H,13,16)(H,14,15). The van der Waals surface area contributed by atoms with Gasteiger partial charge in [0.15, 0.2) is 0 Å². The molecule has 1 heterocycles. The van der Waals surface area contributed by atoms with Gasteiger partial charge in [-0.3, -0.25) is 14.4 Å². The Bertz CT molecular complexity index is 491. The lowest BCUT2D eigenvalue weighted by molar-refractivity contribution is -0.120. The molecule has 0 aliphatic heterocycles. The number of aromatic nitrogens is 1. The summed E-state index contributed by atoms with van der Waals surface area (Å²) < 4.78 is 0. The van der Waals surface area contributed by atoms with Gasteiger partial charge in [-0.05, 0) is 18.9 Å². The second-order valence-electron chi connectivity index (χ2n) is 3.95. The van der Waals surface area contributed by atoms with E-state index in [9.17, 15) is 14.4 Å². The van der Waals surface area contributed by atoms with Crippen LogP contribution in [0.3, 0.4) is 0 Å². The molecule has 6 heteroatoms. The number of pyridine rings is 1. The molecule has 1 aromatic heterocycles. The molecule has 90 valence electrons. The third-order valence-corrected chi connectivity index (χ3v) is 2.36. The van der Waals surface area contributed by atoms with Gasteiger partial charge in [0.2, 0.25) is 11.5 Å². The van der Waals surface area contributed by atoms with Crippen LogP contribution in [0.25, 0.3) is 0 Å². The Kier molecular flexibility index (Phi) is 3.22. The molecule has 2 amide bonds. The van der Waals surface area contributed by atoms with Gasteiger partial charge in [0.25, 0.3) is 5.91 Å². The molecule has 1 fully saturated rings. The highest BCUT2D eigenvalue weighted by Crippen LogP contribution is 2.18. The minimum atomic E-state index is -0.464. The number of hydrogen-bond acceptors (Lipinski definition) is 3. The fraction of sp³-hybridized carbons (Fsp3) is 0.364. The lowest BCUT2D eigenvalue weighted by atomic mass is 10.3. The van der Waals surface area contributed by atoms with Crippen LogP contribution in [0.15, 0.2) is 23.0 Å². The third-order valence-electron chi connectivity index (χ3n) is 2.36. The number of H-pyrrole nitrogens is 1. The van der Waals surface area contributed by atoms with E-state index in [1.54, 1.807) is 0 Å². The molecule has 6 nitrogen and oxygen atoms in total. The van der Waals surface area contributed by atoms with Gasteiger partial charge in [0.1, 0.15) is 5.69 Å².